The topological polar surface area (TPSA) is 268 Å². The molecule has 186 valence electrons. The molecule has 0 rings (SSSR count). The van der Waals surface area contributed by atoms with Crippen molar-refractivity contribution in [1.82, 2.24) is 16.0 Å². The van der Waals surface area contributed by atoms with Crippen molar-refractivity contribution in [3.8, 4) is 0 Å². The first-order valence-electron chi connectivity index (χ1n) is 9.38. The number of carbonyl (C=O) groups excluding carboxylic acids is 4. The van der Waals surface area contributed by atoms with Gasteiger partial charge in [-0.15, -0.1) is 0 Å². The van der Waals surface area contributed by atoms with Crippen LogP contribution in [-0.2, 0) is 33.6 Å². The second kappa shape index (κ2) is 14.6. The molecule has 16 heteroatoms. The average molecular weight is 493 g/mol. The number of hydrogen-bond donors (Lipinski definition) is 8. The summed E-state index contributed by atoms with van der Waals surface area (Å²) < 4.78 is 0. The van der Waals surface area contributed by atoms with Crippen LogP contribution in [0.25, 0.3) is 0 Å². The third-order valence-corrected chi connectivity index (χ3v) is 4.65. The Morgan fingerprint density at radius 3 is 1.64 bits per heavy atom. The minimum atomic E-state index is -1.76. The largest absolute Gasteiger partial charge is 0.481 e. The van der Waals surface area contributed by atoms with Crippen LogP contribution >= 0.6 is 11.8 Å². The maximum Gasteiger partial charge on any atom is 0.326 e. The zero-order chi connectivity index (χ0) is 25.7. The summed E-state index contributed by atoms with van der Waals surface area (Å²) in [6, 6.07) is -6.39. The molecular weight excluding hydrogens is 466 g/mol. The molecule has 33 heavy (non-hydrogen) atoms. The zero-order valence-electron chi connectivity index (χ0n) is 17.6. The first-order chi connectivity index (χ1) is 15.3. The first-order valence-corrected chi connectivity index (χ1v) is 10.8. The molecule has 0 aliphatic rings. The molecule has 10 N–H and O–H groups in total. The van der Waals surface area contributed by atoms with E-state index in [1.54, 1.807) is 6.26 Å². The van der Waals surface area contributed by atoms with Gasteiger partial charge in [0.1, 0.15) is 18.1 Å². The molecule has 4 amide bonds. The van der Waals surface area contributed by atoms with E-state index in [0.717, 1.165) is 0 Å². The van der Waals surface area contributed by atoms with Crippen LogP contribution in [0, 0.1) is 0 Å². The van der Waals surface area contributed by atoms with Crippen LogP contribution < -0.4 is 27.4 Å². The van der Waals surface area contributed by atoms with Crippen molar-refractivity contribution in [3.63, 3.8) is 0 Å². The molecule has 0 spiro atoms. The summed E-state index contributed by atoms with van der Waals surface area (Å²) in [4.78, 5) is 81.5. The van der Waals surface area contributed by atoms with Gasteiger partial charge in [0, 0.05) is 0 Å². The summed E-state index contributed by atoms with van der Waals surface area (Å²) in [7, 11) is 0. The molecule has 0 fully saturated rings. The predicted octanol–water partition coefficient (Wildman–Crippen LogP) is -3.57. The normalized spacial score (nSPS) is 14.1. The molecule has 0 aliphatic heterocycles. The van der Waals surface area contributed by atoms with Crippen LogP contribution in [-0.4, -0.2) is 93.0 Å². The number of hydrogen-bond acceptors (Lipinski definition) is 9. The van der Waals surface area contributed by atoms with Crippen LogP contribution in [0.15, 0.2) is 0 Å². The molecule has 0 aromatic rings. The number of thioether (sulfide) groups is 1. The molecule has 0 aromatic heterocycles. The van der Waals surface area contributed by atoms with Gasteiger partial charge < -0.3 is 42.7 Å². The molecule has 15 nitrogen and oxygen atoms in total. The Morgan fingerprint density at radius 2 is 1.21 bits per heavy atom. The van der Waals surface area contributed by atoms with Crippen molar-refractivity contribution in [2.75, 3.05) is 12.0 Å². The Kier molecular flexibility index (Phi) is 13.1. The Morgan fingerprint density at radius 1 is 0.758 bits per heavy atom. The van der Waals surface area contributed by atoms with Gasteiger partial charge in [0.15, 0.2) is 0 Å². The van der Waals surface area contributed by atoms with Crippen LogP contribution in [0.1, 0.15) is 25.7 Å². The summed E-state index contributed by atoms with van der Waals surface area (Å²) in [6.07, 6.45) is -0.763. The second-order valence-corrected chi connectivity index (χ2v) is 7.76. The Labute approximate surface area is 192 Å². The quantitative estimate of drug-likeness (QED) is 0.104. The van der Waals surface area contributed by atoms with Crippen molar-refractivity contribution in [3.05, 3.63) is 0 Å². The standard InChI is InChI=1S/C17H27N5O10S/c1-33-3-2-8(17(31)32)20-16(30)10(6-13(26)27)22-15(29)9(5-11(19)23)21-14(28)7(18)4-12(24)25/h7-10H,2-6,18H2,1H3,(H2,19,23)(H,20,30)(H,21,28)(H,22,29)(H,24,25)(H,26,27)(H,31,32). The van der Waals surface area contributed by atoms with Crippen molar-refractivity contribution in [2.24, 2.45) is 11.5 Å². The maximum absolute atomic E-state index is 12.6. The highest BCUT2D eigenvalue weighted by molar-refractivity contribution is 7.98. The van der Waals surface area contributed by atoms with E-state index < -0.39 is 85.0 Å². The number of carbonyl (C=O) groups is 7. The zero-order valence-corrected chi connectivity index (χ0v) is 18.4. The van der Waals surface area contributed by atoms with Gasteiger partial charge in [-0.25, -0.2) is 4.79 Å². The molecule has 0 aromatic carbocycles. The van der Waals surface area contributed by atoms with Gasteiger partial charge in [-0.3, -0.25) is 28.8 Å². The van der Waals surface area contributed by atoms with E-state index in [9.17, 15) is 38.7 Å². The fraction of sp³-hybridized carbons (Fsp3) is 0.588. The monoisotopic (exact) mass is 493 g/mol. The highest BCUT2D eigenvalue weighted by Gasteiger charge is 2.32. The molecule has 0 heterocycles. The molecule has 4 atom stereocenters. The highest BCUT2D eigenvalue weighted by Crippen LogP contribution is 2.04. The number of amides is 4. The predicted molar refractivity (Wildman–Crippen MR) is 113 cm³/mol. The van der Waals surface area contributed by atoms with Crippen LogP contribution in [0.3, 0.4) is 0 Å². The summed E-state index contributed by atoms with van der Waals surface area (Å²) >= 11 is 1.32. The summed E-state index contributed by atoms with van der Waals surface area (Å²) in [5.41, 5.74) is 10.4. The van der Waals surface area contributed by atoms with Gasteiger partial charge >= 0.3 is 17.9 Å². The Bertz CT molecular complexity index is 777. The maximum atomic E-state index is 12.6. The van der Waals surface area contributed by atoms with Gasteiger partial charge in [-0.1, -0.05) is 0 Å². The molecule has 0 saturated carbocycles. The lowest BCUT2D eigenvalue weighted by molar-refractivity contribution is -0.144. The first kappa shape index (κ1) is 29.6. The Hall–Kier alpha value is -3.40. The summed E-state index contributed by atoms with van der Waals surface area (Å²) in [5, 5.41) is 33.1. The third-order valence-electron chi connectivity index (χ3n) is 4.01. The summed E-state index contributed by atoms with van der Waals surface area (Å²) in [6.45, 7) is 0. The van der Waals surface area contributed by atoms with Crippen LogP contribution in [0.4, 0.5) is 0 Å². The fourth-order valence-electron chi connectivity index (χ4n) is 2.39. The minimum absolute atomic E-state index is 0.0256. The van der Waals surface area contributed by atoms with Crippen molar-refractivity contribution in [2.45, 2.75) is 49.9 Å². The van der Waals surface area contributed by atoms with E-state index in [1.807, 2.05) is 10.6 Å². The van der Waals surface area contributed by atoms with Crippen molar-refractivity contribution in [1.29, 1.82) is 0 Å². The van der Waals surface area contributed by atoms with Crippen LogP contribution in [0.2, 0.25) is 0 Å². The second-order valence-electron chi connectivity index (χ2n) is 6.78. The molecule has 0 aliphatic carbocycles. The molecule has 0 radical (unpaired) electrons. The van der Waals surface area contributed by atoms with E-state index in [1.165, 1.54) is 11.8 Å². The van der Waals surface area contributed by atoms with Gasteiger partial charge in [-0.2, -0.15) is 11.8 Å². The summed E-state index contributed by atoms with van der Waals surface area (Å²) in [5.74, 6) is -8.38. The molecule has 0 saturated heterocycles. The average Bonchev–Trinajstić information content (AvgIpc) is 2.68. The Balaban J connectivity index is 5.52. The van der Waals surface area contributed by atoms with Gasteiger partial charge in [0.05, 0.1) is 25.3 Å². The lowest BCUT2D eigenvalue weighted by Crippen LogP contribution is -2.58. The van der Waals surface area contributed by atoms with E-state index in [4.69, 9.17) is 21.7 Å². The molecule has 4 unspecified atom stereocenters. The number of nitrogens with two attached hydrogens (primary N) is 2. The van der Waals surface area contributed by atoms with Crippen molar-refractivity contribution < 1.29 is 48.9 Å². The number of rotatable bonds is 16. The lowest BCUT2D eigenvalue weighted by atomic mass is 10.1. The van der Waals surface area contributed by atoms with Crippen molar-refractivity contribution >= 4 is 53.3 Å². The van der Waals surface area contributed by atoms with E-state index in [-0.39, 0.29) is 6.42 Å². The highest BCUT2D eigenvalue weighted by atomic mass is 32.2. The smallest absolute Gasteiger partial charge is 0.326 e. The number of carboxylic acid groups (broad SMARTS) is 3. The van der Waals surface area contributed by atoms with Gasteiger partial charge in [0.25, 0.3) is 0 Å². The fourth-order valence-corrected chi connectivity index (χ4v) is 2.86. The lowest BCUT2D eigenvalue weighted by Gasteiger charge is -2.24. The number of nitrogens with one attached hydrogen (secondary N) is 3. The molecule has 0 bridgehead atoms. The third kappa shape index (κ3) is 12.3. The van der Waals surface area contributed by atoms with E-state index in [2.05, 4.69) is 5.32 Å². The number of aliphatic carboxylic acids is 3. The number of primary amides is 1. The SMILES string of the molecule is CSCCC(NC(=O)C(CC(=O)O)NC(=O)C(CC(N)=O)NC(=O)C(N)CC(=O)O)C(=O)O. The minimum Gasteiger partial charge on any atom is -0.481 e. The molecular formula is C17H27N5O10S. The number of carboxylic acids is 3. The van der Waals surface area contributed by atoms with E-state index in [0.29, 0.717) is 5.75 Å². The van der Waals surface area contributed by atoms with Gasteiger partial charge in [0.2, 0.25) is 23.6 Å². The van der Waals surface area contributed by atoms with E-state index >= 15 is 0 Å². The van der Waals surface area contributed by atoms with Gasteiger partial charge in [-0.05, 0) is 18.4 Å². The van der Waals surface area contributed by atoms with Crippen LogP contribution in [0.5, 0.6) is 0 Å².